The average molecular weight is 485 g/mol. The number of nitrogens with one attached hydrogen (secondary N) is 1. The monoisotopic (exact) mass is 484 g/mol. The van der Waals surface area contributed by atoms with Crippen molar-refractivity contribution in [2.24, 2.45) is 0 Å². The van der Waals surface area contributed by atoms with E-state index >= 15 is 0 Å². The van der Waals surface area contributed by atoms with Gasteiger partial charge in [0.05, 0.1) is 17.6 Å². The maximum Gasteiger partial charge on any atom is 0.432 e. The molecule has 0 aromatic heterocycles. The van der Waals surface area contributed by atoms with Crippen molar-refractivity contribution in [3.8, 4) is 5.75 Å². The summed E-state index contributed by atoms with van der Waals surface area (Å²) >= 11 is 0. The zero-order valence-electron chi connectivity index (χ0n) is 18.0. The van der Waals surface area contributed by atoms with Gasteiger partial charge in [-0.2, -0.15) is 4.31 Å². The Bertz CT molecular complexity index is 1030. The Morgan fingerprint density at radius 2 is 1.88 bits per heavy atom. The van der Waals surface area contributed by atoms with E-state index in [0.717, 1.165) is 9.87 Å². The second kappa shape index (κ2) is 10.9. The van der Waals surface area contributed by atoms with E-state index in [2.05, 4.69) is 0 Å². The van der Waals surface area contributed by atoms with Crippen molar-refractivity contribution in [3.63, 3.8) is 0 Å². The SMILES string of the molecule is COCC1CN(S(=O)(=O)c2ccc(OCc3ccc(F)cc3)cc2)[C@H](OC(=O)NO)[C@H](C)O1. The highest BCUT2D eigenvalue weighted by molar-refractivity contribution is 7.89. The summed E-state index contributed by atoms with van der Waals surface area (Å²) < 4.78 is 62.2. The molecule has 0 saturated carbocycles. The molecule has 2 N–H and O–H groups in total. The zero-order valence-corrected chi connectivity index (χ0v) is 18.8. The molecule has 3 atom stereocenters. The topological polar surface area (TPSA) is 124 Å². The number of benzene rings is 2. The zero-order chi connectivity index (χ0) is 24.0. The van der Waals surface area contributed by atoms with Crippen LogP contribution in [0.15, 0.2) is 53.4 Å². The van der Waals surface area contributed by atoms with Crippen LogP contribution in [0.5, 0.6) is 5.75 Å². The van der Waals surface area contributed by atoms with Gasteiger partial charge < -0.3 is 18.9 Å². The van der Waals surface area contributed by atoms with Gasteiger partial charge in [-0.25, -0.2) is 23.1 Å². The van der Waals surface area contributed by atoms with E-state index in [4.69, 9.17) is 24.2 Å². The predicted octanol–water partition coefficient (Wildman–Crippen LogP) is 2.27. The summed E-state index contributed by atoms with van der Waals surface area (Å²) in [7, 11) is -2.67. The molecule has 180 valence electrons. The summed E-state index contributed by atoms with van der Waals surface area (Å²) in [6.45, 7) is 1.72. The first-order chi connectivity index (χ1) is 15.7. The van der Waals surface area contributed by atoms with Crippen molar-refractivity contribution in [2.45, 2.75) is 36.9 Å². The van der Waals surface area contributed by atoms with Gasteiger partial charge in [0.1, 0.15) is 24.3 Å². The Balaban J connectivity index is 1.78. The highest BCUT2D eigenvalue weighted by Gasteiger charge is 2.44. The standard InChI is InChI=1S/C21H25FN2O8S/c1-14-20(32-21(25)23-26)24(11-18(31-14)13-29-2)33(27,28)19-9-7-17(8-10-19)30-12-15-3-5-16(22)6-4-15/h3-10,14,18,20,26H,11-13H2,1-2H3,(H,23,25)/t14-,18?,20+/m0/s1. The third-order valence-electron chi connectivity index (χ3n) is 4.90. The summed E-state index contributed by atoms with van der Waals surface area (Å²) in [6.07, 6.45) is -3.95. The lowest BCUT2D eigenvalue weighted by atomic mass is 10.2. The lowest BCUT2D eigenvalue weighted by Crippen LogP contribution is -2.58. The Kier molecular flexibility index (Phi) is 8.21. The number of hydroxylamine groups is 1. The van der Waals surface area contributed by atoms with Gasteiger partial charge in [0, 0.05) is 13.7 Å². The number of sulfonamides is 1. The molecule has 2 aromatic rings. The van der Waals surface area contributed by atoms with E-state index in [1.165, 1.54) is 49.0 Å². The molecule has 1 amide bonds. The lowest BCUT2D eigenvalue weighted by Gasteiger charge is -2.41. The minimum Gasteiger partial charge on any atom is -0.489 e. The van der Waals surface area contributed by atoms with E-state index in [0.29, 0.717) is 5.75 Å². The molecule has 1 saturated heterocycles. The minimum absolute atomic E-state index is 0.0556. The van der Waals surface area contributed by atoms with Crippen LogP contribution in [-0.2, 0) is 30.8 Å². The number of hydrogen-bond donors (Lipinski definition) is 2. The molecular weight excluding hydrogens is 459 g/mol. The molecule has 10 nitrogen and oxygen atoms in total. The number of nitrogens with zero attached hydrogens (tertiary/aromatic N) is 1. The maximum atomic E-state index is 13.4. The first kappa shape index (κ1) is 24.9. The van der Waals surface area contributed by atoms with Crippen LogP contribution in [0.4, 0.5) is 9.18 Å². The van der Waals surface area contributed by atoms with Crippen LogP contribution in [0, 0.1) is 5.82 Å². The number of rotatable bonds is 8. The second-order valence-corrected chi connectivity index (χ2v) is 9.18. The summed E-state index contributed by atoms with van der Waals surface area (Å²) in [5, 5.41) is 8.79. The molecule has 12 heteroatoms. The van der Waals surface area contributed by atoms with Gasteiger partial charge in [-0.1, -0.05) is 12.1 Å². The van der Waals surface area contributed by atoms with Crippen LogP contribution in [0.3, 0.4) is 0 Å². The minimum atomic E-state index is -4.12. The fraction of sp³-hybridized carbons (Fsp3) is 0.381. The fourth-order valence-electron chi connectivity index (χ4n) is 3.35. The Hall–Kier alpha value is -2.77. The van der Waals surface area contributed by atoms with Crippen molar-refractivity contribution in [2.75, 3.05) is 20.3 Å². The average Bonchev–Trinajstić information content (AvgIpc) is 2.80. The smallest absolute Gasteiger partial charge is 0.432 e. The van der Waals surface area contributed by atoms with Crippen LogP contribution in [0.25, 0.3) is 0 Å². The van der Waals surface area contributed by atoms with Crippen molar-refractivity contribution < 1.29 is 41.8 Å². The molecule has 0 bridgehead atoms. The number of carbonyl (C=O) groups is 1. The van der Waals surface area contributed by atoms with Crippen molar-refractivity contribution in [3.05, 3.63) is 59.9 Å². The summed E-state index contributed by atoms with van der Waals surface area (Å²) in [4.78, 5) is 11.5. The van der Waals surface area contributed by atoms with E-state index in [9.17, 15) is 17.6 Å². The number of amides is 1. The third-order valence-corrected chi connectivity index (χ3v) is 6.74. The van der Waals surface area contributed by atoms with Crippen LogP contribution >= 0.6 is 0 Å². The van der Waals surface area contributed by atoms with Gasteiger partial charge in [0.25, 0.3) is 0 Å². The van der Waals surface area contributed by atoms with Gasteiger partial charge in [-0.05, 0) is 48.9 Å². The summed E-state index contributed by atoms with van der Waals surface area (Å²) in [6, 6.07) is 11.5. The van der Waals surface area contributed by atoms with Crippen LogP contribution in [-0.4, -0.2) is 62.7 Å². The molecular formula is C21H25FN2O8S. The van der Waals surface area contributed by atoms with Crippen LogP contribution in [0.2, 0.25) is 0 Å². The molecule has 1 aliphatic heterocycles. The molecule has 1 aliphatic rings. The van der Waals surface area contributed by atoms with Gasteiger partial charge >= 0.3 is 6.09 Å². The molecule has 0 radical (unpaired) electrons. The number of ether oxygens (including phenoxy) is 4. The van der Waals surface area contributed by atoms with Gasteiger partial charge in [-0.3, -0.25) is 5.21 Å². The highest BCUT2D eigenvalue weighted by atomic mass is 32.2. The third kappa shape index (κ3) is 6.18. The molecule has 3 rings (SSSR count). The number of halogens is 1. The molecule has 2 aromatic carbocycles. The van der Waals surface area contributed by atoms with Gasteiger partial charge in [0.2, 0.25) is 10.0 Å². The molecule has 0 spiro atoms. The van der Waals surface area contributed by atoms with Crippen LogP contribution < -0.4 is 10.2 Å². The predicted molar refractivity (Wildman–Crippen MR) is 112 cm³/mol. The lowest BCUT2D eigenvalue weighted by molar-refractivity contribution is -0.167. The first-order valence-corrected chi connectivity index (χ1v) is 11.4. The Labute approximate surface area is 190 Å². The molecule has 0 aliphatic carbocycles. The van der Waals surface area contributed by atoms with E-state index in [1.54, 1.807) is 19.1 Å². The Morgan fingerprint density at radius 3 is 2.48 bits per heavy atom. The summed E-state index contributed by atoms with van der Waals surface area (Å²) in [5.74, 6) is 0.0653. The molecule has 1 unspecified atom stereocenters. The molecule has 1 heterocycles. The quantitative estimate of drug-likeness (QED) is 0.432. The van der Waals surface area contributed by atoms with Crippen molar-refractivity contribution in [1.82, 2.24) is 9.79 Å². The maximum absolute atomic E-state index is 13.4. The number of hydrogen-bond acceptors (Lipinski definition) is 8. The summed E-state index contributed by atoms with van der Waals surface area (Å²) in [5.41, 5.74) is 2.07. The number of methoxy groups -OCH3 is 1. The van der Waals surface area contributed by atoms with Crippen LogP contribution in [0.1, 0.15) is 12.5 Å². The molecule has 33 heavy (non-hydrogen) atoms. The number of morpholine rings is 1. The van der Waals surface area contributed by atoms with Crippen molar-refractivity contribution in [1.29, 1.82) is 0 Å². The van der Waals surface area contributed by atoms with Gasteiger partial charge in [0.15, 0.2) is 6.23 Å². The number of carbonyl (C=O) groups excluding carboxylic acids is 1. The molecule has 1 fully saturated rings. The highest BCUT2D eigenvalue weighted by Crippen LogP contribution is 2.28. The Morgan fingerprint density at radius 1 is 1.21 bits per heavy atom. The normalized spacial score (nSPS) is 21.4. The van der Waals surface area contributed by atoms with E-state index < -0.39 is 34.6 Å². The van der Waals surface area contributed by atoms with E-state index in [1.807, 2.05) is 0 Å². The first-order valence-electron chi connectivity index (χ1n) is 9.99. The van der Waals surface area contributed by atoms with E-state index in [-0.39, 0.29) is 30.5 Å². The second-order valence-electron chi connectivity index (χ2n) is 7.29. The fourth-order valence-corrected chi connectivity index (χ4v) is 4.95. The largest absolute Gasteiger partial charge is 0.489 e. The van der Waals surface area contributed by atoms with Crippen molar-refractivity contribution >= 4 is 16.1 Å². The van der Waals surface area contributed by atoms with Gasteiger partial charge in [-0.15, -0.1) is 0 Å².